The summed E-state index contributed by atoms with van der Waals surface area (Å²) in [5.41, 5.74) is 4.07. The van der Waals surface area contributed by atoms with Crippen LogP contribution >= 0.6 is 0 Å². The number of aliphatic imine (C=N–C) groups is 1. The number of hydrogen-bond donors (Lipinski definition) is 1. The van der Waals surface area contributed by atoms with Crippen LogP contribution in [0.2, 0.25) is 0 Å². The second kappa shape index (κ2) is 4.38. The van der Waals surface area contributed by atoms with Crippen LogP contribution in [0.25, 0.3) is 0 Å². The molecule has 2 nitrogen and oxygen atoms in total. The number of para-hydroxylation sites is 1. The van der Waals surface area contributed by atoms with Gasteiger partial charge in [0.25, 0.3) is 0 Å². The molecule has 1 fully saturated rings. The second-order valence-corrected chi connectivity index (χ2v) is 4.76. The Morgan fingerprint density at radius 2 is 1.88 bits per heavy atom. The monoisotopic (exact) mass is 214 g/mol. The van der Waals surface area contributed by atoms with Crippen molar-refractivity contribution in [2.24, 2.45) is 10.9 Å². The zero-order chi connectivity index (χ0) is 10.8. The fourth-order valence-corrected chi connectivity index (χ4v) is 2.76. The summed E-state index contributed by atoms with van der Waals surface area (Å²) in [5, 5.41) is 3.42. The highest BCUT2D eigenvalue weighted by Crippen LogP contribution is 2.29. The molecule has 1 aromatic rings. The highest BCUT2D eigenvalue weighted by Gasteiger charge is 2.21. The van der Waals surface area contributed by atoms with E-state index in [1.807, 2.05) is 0 Å². The van der Waals surface area contributed by atoms with Crippen LogP contribution < -0.4 is 5.32 Å². The first-order chi connectivity index (χ1) is 7.93. The van der Waals surface area contributed by atoms with Crippen LogP contribution in [0.1, 0.15) is 24.8 Å². The molecule has 2 heteroatoms. The maximum atomic E-state index is 4.86. The van der Waals surface area contributed by atoms with Crippen LogP contribution in [0.3, 0.4) is 0 Å². The largest absolute Gasteiger partial charge is 0.317 e. The van der Waals surface area contributed by atoms with Gasteiger partial charge in [-0.05, 0) is 56.3 Å². The van der Waals surface area contributed by atoms with E-state index in [0.717, 1.165) is 19.0 Å². The Labute approximate surface area is 96.8 Å². The summed E-state index contributed by atoms with van der Waals surface area (Å²) in [6, 6.07) is 8.56. The first-order valence-electron chi connectivity index (χ1n) is 6.29. The maximum absolute atomic E-state index is 4.86. The first-order valence-corrected chi connectivity index (χ1v) is 6.29. The topological polar surface area (TPSA) is 24.4 Å². The van der Waals surface area contributed by atoms with Crippen LogP contribution in [0.4, 0.5) is 5.69 Å². The molecule has 2 aliphatic heterocycles. The molecular weight excluding hydrogens is 196 g/mol. The van der Waals surface area contributed by atoms with Crippen LogP contribution in [-0.2, 0) is 6.42 Å². The molecule has 1 aromatic carbocycles. The molecule has 0 aliphatic carbocycles. The molecule has 0 aromatic heterocycles. The van der Waals surface area contributed by atoms with E-state index in [1.54, 1.807) is 0 Å². The summed E-state index contributed by atoms with van der Waals surface area (Å²) in [4.78, 5) is 4.86. The molecule has 2 aliphatic rings. The van der Waals surface area contributed by atoms with Gasteiger partial charge >= 0.3 is 0 Å². The number of rotatable bonds is 1. The number of fused-ring (bicyclic) bond motifs is 1. The minimum Gasteiger partial charge on any atom is -0.317 e. The van der Waals surface area contributed by atoms with E-state index < -0.39 is 0 Å². The smallest absolute Gasteiger partial charge is 0.0661 e. The summed E-state index contributed by atoms with van der Waals surface area (Å²) in [6.07, 6.45) is 4.88. The molecule has 84 valence electrons. The van der Waals surface area contributed by atoms with E-state index in [2.05, 4.69) is 29.6 Å². The maximum Gasteiger partial charge on any atom is 0.0661 e. The van der Waals surface area contributed by atoms with Crippen molar-refractivity contribution in [2.45, 2.75) is 25.7 Å². The van der Waals surface area contributed by atoms with Crippen molar-refractivity contribution in [3.8, 4) is 0 Å². The summed E-state index contributed by atoms with van der Waals surface area (Å²) >= 11 is 0. The van der Waals surface area contributed by atoms with Gasteiger partial charge in [0, 0.05) is 5.71 Å². The van der Waals surface area contributed by atoms with Crippen LogP contribution in [0.15, 0.2) is 29.3 Å². The number of nitrogens with one attached hydrogen (secondary N) is 1. The van der Waals surface area contributed by atoms with Crippen LogP contribution in [0, 0.1) is 5.92 Å². The third-order valence-corrected chi connectivity index (χ3v) is 3.72. The van der Waals surface area contributed by atoms with Crippen LogP contribution in [0.5, 0.6) is 0 Å². The number of piperidine rings is 1. The first kappa shape index (κ1) is 10.0. The third-order valence-electron chi connectivity index (χ3n) is 3.72. The summed E-state index contributed by atoms with van der Waals surface area (Å²) in [7, 11) is 0. The van der Waals surface area contributed by atoms with Gasteiger partial charge in [0.05, 0.1) is 5.69 Å². The van der Waals surface area contributed by atoms with Crippen molar-refractivity contribution in [1.82, 2.24) is 5.32 Å². The van der Waals surface area contributed by atoms with Gasteiger partial charge in [-0.15, -0.1) is 0 Å². The Kier molecular flexibility index (Phi) is 2.75. The van der Waals surface area contributed by atoms with Crippen molar-refractivity contribution in [2.75, 3.05) is 13.1 Å². The zero-order valence-electron chi connectivity index (χ0n) is 9.58. The molecule has 1 N–H and O–H groups in total. The Bertz CT molecular complexity index is 403. The molecule has 1 saturated heterocycles. The second-order valence-electron chi connectivity index (χ2n) is 4.76. The lowest BCUT2D eigenvalue weighted by Crippen LogP contribution is -2.32. The fraction of sp³-hybridized carbons (Fsp3) is 0.500. The molecule has 3 rings (SSSR count). The molecule has 0 amide bonds. The van der Waals surface area contributed by atoms with Gasteiger partial charge in [-0.2, -0.15) is 0 Å². The van der Waals surface area contributed by atoms with E-state index in [1.165, 1.54) is 42.6 Å². The van der Waals surface area contributed by atoms with Gasteiger partial charge in [-0.25, -0.2) is 0 Å². The quantitative estimate of drug-likeness (QED) is 0.763. The van der Waals surface area contributed by atoms with Gasteiger partial charge in [-0.3, -0.25) is 4.99 Å². The molecule has 16 heavy (non-hydrogen) atoms. The molecule has 0 unspecified atom stereocenters. The Hall–Kier alpha value is -1.15. The molecule has 0 bridgehead atoms. The van der Waals surface area contributed by atoms with Gasteiger partial charge in [0.1, 0.15) is 0 Å². The normalized spacial score (nSPS) is 21.4. The van der Waals surface area contributed by atoms with E-state index in [0.29, 0.717) is 0 Å². The van der Waals surface area contributed by atoms with Crippen molar-refractivity contribution in [1.29, 1.82) is 0 Å². The van der Waals surface area contributed by atoms with E-state index in [4.69, 9.17) is 4.99 Å². The van der Waals surface area contributed by atoms with Crippen molar-refractivity contribution in [3.05, 3.63) is 29.8 Å². The van der Waals surface area contributed by atoms with Crippen molar-refractivity contribution >= 4 is 11.4 Å². The molecule has 0 radical (unpaired) electrons. The Balaban J connectivity index is 1.85. The average molecular weight is 214 g/mol. The van der Waals surface area contributed by atoms with Gasteiger partial charge in [0.2, 0.25) is 0 Å². The highest BCUT2D eigenvalue weighted by molar-refractivity contribution is 5.91. The average Bonchev–Trinajstić information content (AvgIpc) is 2.39. The SMILES string of the molecule is c1ccc2c(c1)CCC(C1CCNCC1)=N2. The van der Waals surface area contributed by atoms with E-state index in [-0.39, 0.29) is 0 Å². The zero-order valence-corrected chi connectivity index (χ0v) is 9.58. The Morgan fingerprint density at radius 1 is 1.06 bits per heavy atom. The summed E-state index contributed by atoms with van der Waals surface area (Å²) in [5.74, 6) is 0.731. The lowest BCUT2D eigenvalue weighted by Gasteiger charge is -2.26. The highest BCUT2D eigenvalue weighted by atomic mass is 14.9. The molecule has 0 atom stereocenters. The minimum absolute atomic E-state index is 0.731. The molecular formula is C14H18N2. The predicted molar refractivity (Wildman–Crippen MR) is 67.5 cm³/mol. The van der Waals surface area contributed by atoms with Gasteiger partial charge < -0.3 is 5.32 Å². The van der Waals surface area contributed by atoms with E-state index in [9.17, 15) is 0 Å². The van der Waals surface area contributed by atoms with Crippen molar-refractivity contribution < 1.29 is 0 Å². The Morgan fingerprint density at radius 3 is 2.75 bits per heavy atom. The standard InChI is InChI=1S/C14H18N2/c1-2-4-13-11(3-1)5-6-14(16-13)12-7-9-15-10-8-12/h1-4,12,15H,5-10H2. The number of hydrogen-bond acceptors (Lipinski definition) is 2. The summed E-state index contributed by atoms with van der Waals surface area (Å²) < 4.78 is 0. The minimum atomic E-state index is 0.731. The van der Waals surface area contributed by atoms with Crippen LogP contribution in [-0.4, -0.2) is 18.8 Å². The van der Waals surface area contributed by atoms with E-state index >= 15 is 0 Å². The lowest BCUT2D eigenvalue weighted by molar-refractivity contribution is 0.451. The number of aryl methyl sites for hydroxylation is 1. The van der Waals surface area contributed by atoms with Crippen molar-refractivity contribution in [3.63, 3.8) is 0 Å². The molecule has 0 spiro atoms. The summed E-state index contributed by atoms with van der Waals surface area (Å²) in [6.45, 7) is 2.32. The van der Waals surface area contributed by atoms with Gasteiger partial charge in [0.15, 0.2) is 0 Å². The number of benzene rings is 1. The molecule has 0 saturated carbocycles. The fourth-order valence-electron chi connectivity index (χ4n) is 2.76. The number of nitrogens with zero attached hydrogens (tertiary/aromatic N) is 1. The molecule has 2 heterocycles. The van der Waals surface area contributed by atoms with Gasteiger partial charge in [-0.1, -0.05) is 18.2 Å². The third kappa shape index (κ3) is 1.90. The lowest BCUT2D eigenvalue weighted by atomic mass is 9.87. The predicted octanol–water partition coefficient (Wildman–Crippen LogP) is 2.70.